The maximum Gasteiger partial charge on any atom is -0.0266 e. The van der Waals surface area contributed by atoms with E-state index in [0.717, 1.165) is 69.5 Å². The van der Waals surface area contributed by atoms with E-state index in [4.69, 9.17) is 0 Å². The molecule has 13 atom stereocenters. The van der Waals surface area contributed by atoms with E-state index >= 15 is 0 Å². The van der Waals surface area contributed by atoms with Gasteiger partial charge in [0.05, 0.1) is 0 Å². The molecule has 0 aliphatic heterocycles. The third-order valence-corrected chi connectivity index (χ3v) is 17.6. The van der Waals surface area contributed by atoms with Gasteiger partial charge in [-0.3, -0.25) is 0 Å². The quantitative estimate of drug-likeness (QED) is 0.298. The molecule has 0 radical (unpaired) electrons. The second kappa shape index (κ2) is 11.1. The molecular formula is C41H70. The van der Waals surface area contributed by atoms with Crippen LogP contribution >= 0.6 is 0 Å². The lowest BCUT2D eigenvalue weighted by Crippen LogP contribution is -2.54. The minimum absolute atomic E-state index is 0.706. The molecule has 0 heterocycles. The van der Waals surface area contributed by atoms with Crippen LogP contribution in [0.4, 0.5) is 0 Å². The van der Waals surface area contributed by atoms with Gasteiger partial charge in [0.2, 0.25) is 0 Å². The molecule has 234 valence electrons. The molecule has 8 rings (SSSR count). The predicted molar refractivity (Wildman–Crippen MR) is 176 cm³/mol. The van der Waals surface area contributed by atoms with Crippen LogP contribution in [0.25, 0.3) is 0 Å². The van der Waals surface area contributed by atoms with Gasteiger partial charge in [-0.2, -0.15) is 0 Å². The SMILES string of the molecule is CC[C@H]1CC[C@H]2[C@@H]3CC[C@H]4CCCC[C@]4(C)[C@H]3CC[C@]2(C)C1.C[C@@]12CCCC1C1C[C@H]3CCCCC[C@]3(C)C1CC2. The molecule has 41 heavy (non-hydrogen) atoms. The molecule has 0 aromatic carbocycles. The van der Waals surface area contributed by atoms with Crippen LogP contribution in [0.5, 0.6) is 0 Å². The Bertz CT molecular complexity index is 919. The topological polar surface area (TPSA) is 0 Å². The van der Waals surface area contributed by atoms with E-state index in [2.05, 4.69) is 34.6 Å². The van der Waals surface area contributed by atoms with Crippen LogP contribution < -0.4 is 0 Å². The molecule has 0 heteroatoms. The Morgan fingerprint density at radius 1 is 0.463 bits per heavy atom. The molecule has 8 aliphatic carbocycles. The van der Waals surface area contributed by atoms with Gasteiger partial charge in [0.25, 0.3) is 0 Å². The Kier molecular flexibility index (Phi) is 8.05. The van der Waals surface area contributed by atoms with Crippen LogP contribution in [-0.4, -0.2) is 0 Å². The van der Waals surface area contributed by atoms with Crippen molar-refractivity contribution in [2.75, 3.05) is 0 Å². The molecule has 0 amide bonds. The first kappa shape index (κ1) is 29.7. The van der Waals surface area contributed by atoms with E-state index in [-0.39, 0.29) is 0 Å². The first-order chi connectivity index (χ1) is 19.7. The van der Waals surface area contributed by atoms with Crippen molar-refractivity contribution in [1.82, 2.24) is 0 Å². The normalized spacial score (nSPS) is 56.0. The third kappa shape index (κ3) is 4.86. The highest BCUT2D eigenvalue weighted by Gasteiger charge is 2.60. The summed E-state index contributed by atoms with van der Waals surface area (Å²) >= 11 is 0. The average molecular weight is 563 g/mol. The molecular weight excluding hydrogens is 492 g/mol. The summed E-state index contributed by atoms with van der Waals surface area (Å²) in [5.74, 6) is 9.80. The van der Waals surface area contributed by atoms with Gasteiger partial charge < -0.3 is 0 Å². The van der Waals surface area contributed by atoms with E-state index in [9.17, 15) is 0 Å². The highest BCUT2D eigenvalue weighted by atomic mass is 14.6. The van der Waals surface area contributed by atoms with Crippen LogP contribution in [0.15, 0.2) is 0 Å². The standard InChI is InChI=1S/C22H38.C19H32/c1-4-16-8-11-19-18-10-9-17-7-5-6-13-22(17,3)20(18)12-14-21(19,2)15-16;1-18-10-6-8-16(18)15-13-14-7-4-3-5-11-19(14,2)17(15)9-12-18/h16-20H,4-15H2,1-3H3;14-17H,3-13H2,1-2H3/t16-,17+,18-,19-,20-,21+,22-;14-,15?,16?,17?,18+,19+/m01/s1. The molecule has 8 fully saturated rings. The fourth-order valence-corrected chi connectivity index (χ4v) is 15.3. The summed E-state index contributed by atoms with van der Waals surface area (Å²) in [4.78, 5) is 0. The summed E-state index contributed by atoms with van der Waals surface area (Å²) in [7, 11) is 0. The third-order valence-electron chi connectivity index (χ3n) is 17.6. The molecule has 0 spiro atoms. The summed E-state index contributed by atoms with van der Waals surface area (Å²) in [6, 6.07) is 0. The Morgan fingerprint density at radius 2 is 1.12 bits per heavy atom. The lowest BCUT2D eigenvalue weighted by atomic mass is 9.42. The number of hydrogen-bond acceptors (Lipinski definition) is 0. The molecule has 0 bridgehead atoms. The zero-order valence-corrected chi connectivity index (χ0v) is 28.5. The maximum atomic E-state index is 2.72. The largest absolute Gasteiger partial charge is 0.0651 e. The smallest absolute Gasteiger partial charge is 0.0266 e. The Morgan fingerprint density at radius 3 is 1.93 bits per heavy atom. The van der Waals surface area contributed by atoms with Crippen LogP contribution in [0, 0.1) is 74.9 Å². The van der Waals surface area contributed by atoms with Crippen molar-refractivity contribution >= 4 is 0 Å². The second-order valence-electron chi connectivity index (χ2n) is 19.2. The van der Waals surface area contributed by atoms with Gasteiger partial charge in [-0.1, -0.05) is 86.0 Å². The van der Waals surface area contributed by atoms with Crippen molar-refractivity contribution in [3.05, 3.63) is 0 Å². The monoisotopic (exact) mass is 563 g/mol. The Labute approximate surface area is 256 Å². The van der Waals surface area contributed by atoms with Crippen molar-refractivity contribution in [3.8, 4) is 0 Å². The molecule has 8 saturated carbocycles. The molecule has 3 unspecified atom stereocenters. The van der Waals surface area contributed by atoms with Crippen LogP contribution in [0.2, 0.25) is 0 Å². The zero-order chi connectivity index (χ0) is 28.5. The summed E-state index contributed by atoms with van der Waals surface area (Å²) in [5.41, 5.74) is 2.92. The molecule has 8 aliphatic rings. The minimum atomic E-state index is 0.706. The van der Waals surface area contributed by atoms with E-state index in [1.807, 2.05) is 0 Å². The average Bonchev–Trinajstić information content (AvgIpc) is 3.42. The van der Waals surface area contributed by atoms with Gasteiger partial charge in [-0.25, -0.2) is 0 Å². The molecule has 0 aromatic rings. The highest BCUT2D eigenvalue weighted by molar-refractivity contribution is 5.09. The number of rotatable bonds is 1. The molecule has 0 nitrogen and oxygen atoms in total. The fourth-order valence-electron chi connectivity index (χ4n) is 15.3. The lowest BCUT2D eigenvalue weighted by Gasteiger charge is -2.62. The molecule has 0 saturated heterocycles. The number of hydrogen-bond donors (Lipinski definition) is 0. The van der Waals surface area contributed by atoms with Gasteiger partial charge >= 0.3 is 0 Å². The first-order valence-corrected chi connectivity index (χ1v) is 19.7. The predicted octanol–water partition coefficient (Wildman–Crippen LogP) is 12.6. The van der Waals surface area contributed by atoms with Crippen LogP contribution in [0.1, 0.15) is 182 Å². The van der Waals surface area contributed by atoms with Crippen LogP contribution in [0.3, 0.4) is 0 Å². The van der Waals surface area contributed by atoms with E-state index in [1.54, 1.807) is 103 Å². The van der Waals surface area contributed by atoms with Crippen molar-refractivity contribution in [2.45, 2.75) is 182 Å². The molecule has 0 aromatic heterocycles. The van der Waals surface area contributed by atoms with Gasteiger partial charge in [0.1, 0.15) is 0 Å². The van der Waals surface area contributed by atoms with E-state index < -0.39 is 0 Å². The van der Waals surface area contributed by atoms with Crippen LogP contribution in [-0.2, 0) is 0 Å². The van der Waals surface area contributed by atoms with Gasteiger partial charge in [-0.05, 0) is 171 Å². The Balaban J connectivity index is 0.000000136. The summed E-state index contributed by atoms with van der Waals surface area (Å²) in [5, 5.41) is 0. The van der Waals surface area contributed by atoms with Gasteiger partial charge in [0, 0.05) is 0 Å². The highest BCUT2D eigenvalue weighted by Crippen LogP contribution is 2.68. The van der Waals surface area contributed by atoms with Crippen molar-refractivity contribution in [2.24, 2.45) is 74.9 Å². The van der Waals surface area contributed by atoms with Crippen molar-refractivity contribution in [3.63, 3.8) is 0 Å². The summed E-state index contributed by atoms with van der Waals surface area (Å²) in [6.45, 7) is 13.2. The fraction of sp³-hybridized carbons (Fsp3) is 1.00. The van der Waals surface area contributed by atoms with Gasteiger partial charge in [0.15, 0.2) is 0 Å². The van der Waals surface area contributed by atoms with E-state index in [1.165, 1.54) is 44.9 Å². The summed E-state index contributed by atoms with van der Waals surface area (Å²) in [6.07, 6.45) is 35.6. The van der Waals surface area contributed by atoms with E-state index in [0.29, 0.717) is 5.41 Å². The molecule has 0 N–H and O–H groups in total. The summed E-state index contributed by atoms with van der Waals surface area (Å²) < 4.78 is 0. The minimum Gasteiger partial charge on any atom is -0.0651 e. The van der Waals surface area contributed by atoms with Crippen molar-refractivity contribution in [1.29, 1.82) is 0 Å². The van der Waals surface area contributed by atoms with Gasteiger partial charge in [-0.15, -0.1) is 0 Å². The zero-order valence-electron chi connectivity index (χ0n) is 28.5. The Hall–Kier alpha value is 0. The number of fused-ring (bicyclic) bond motifs is 10. The van der Waals surface area contributed by atoms with Crippen molar-refractivity contribution < 1.29 is 0 Å². The maximum absolute atomic E-state index is 2.72. The first-order valence-electron chi connectivity index (χ1n) is 19.7. The lowest BCUT2D eigenvalue weighted by molar-refractivity contribution is -0.130. The second-order valence-corrected chi connectivity index (χ2v) is 19.2.